The van der Waals surface area contributed by atoms with Gasteiger partial charge in [-0.2, -0.15) is 0 Å². The molecule has 0 unspecified atom stereocenters. The molecule has 3 aromatic carbocycles. The van der Waals surface area contributed by atoms with E-state index in [9.17, 15) is 9.59 Å². The van der Waals surface area contributed by atoms with E-state index in [-0.39, 0.29) is 0 Å². The quantitative estimate of drug-likeness (QED) is 0.672. The van der Waals surface area contributed by atoms with Gasteiger partial charge in [-0.3, -0.25) is 9.59 Å². The Balaban J connectivity index is 1.80. The first-order valence-corrected chi connectivity index (χ1v) is 9.28. The molecule has 0 fully saturated rings. The summed E-state index contributed by atoms with van der Waals surface area (Å²) < 4.78 is 0. The van der Waals surface area contributed by atoms with Crippen LogP contribution in [0.4, 0.5) is 5.69 Å². The van der Waals surface area contributed by atoms with Gasteiger partial charge in [-0.1, -0.05) is 72.8 Å². The van der Waals surface area contributed by atoms with Crippen molar-refractivity contribution in [1.29, 1.82) is 0 Å². The number of amides is 2. The molecule has 0 aromatic heterocycles. The second kappa shape index (κ2) is 9.00. The maximum Gasteiger partial charge on any atom is 0.313 e. The fourth-order valence-corrected chi connectivity index (χ4v) is 3.00. The van der Waals surface area contributed by atoms with Crippen LogP contribution in [-0.4, -0.2) is 16.7 Å². The molecule has 4 nitrogen and oxygen atoms in total. The molecule has 0 bridgehead atoms. The van der Waals surface area contributed by atoms with Crippen molar-refractivity contribution in [2.45, 2.75) is 26.9 Å². The lowest BCUT2D eigenvalue weighted by molar-refractivity contribution is -0.144. The predicted octanol–water partition coefficient (Wildman–Crippen LogP) is 4.47. The molecular formula is C24H24N2O2. The second-order valence-electron chi connectivity index (χ2n) is 6.90. The zero-order chi connectivity index (χ0) is 19.9. The van der Waals surface area contributed by atoms with Crippen molar-refractivity contribution < 1.29 is 9.59 Å². The van der Waals surface area contributed by atoms with Gasteiger partial charge in [0.1, 0.15) is 0 Å². The average molecular weight is 372 g/mol. The lowest BCUT2D eigenvalue weighted by Crippen LogP contribution is -2.39. The van der Waals surface area contributed by atoms with Gasteiger partial charge in [0.25, 0.3) is 0 Å². The Hall–Kier alpha value is -3.40. The first kappa shape index (κ1) is 19.4. The smallest absolute Gasteiger partial charge is 0.313 e. The molecule has 3 aromatic rings. The summed E-state index contributed by atoms with van der Waals surface area (Å²) in [5, 5.41) is 2.77. The third-order valence-corrected chi connectivity index (χ3v) is 4.56. The van der Waals surface area contributed by atoms with Gasteiger partial charge >= 0.3 is 11.8 Å². The van der Waals surface area contributed by atoms with Crippen LogP contribution in [0.2, 0.25) is 0 Å². The molecule has 3 rings (SSSR count). The highest BCUT2D eigenvalue weighted by Crippen LogP contribution is 2.17. The minimum atomic E-state index is -0.624. The molecule has 2 amide bonds. The van der Waals surface area contributed by atoms with Crippen molar-refractivity contribution in [2.24, 2.45) is 0 Å². The maximum absolute atomic E-state index is 13.0. The zero-order valence-corrected chi connectivity index (χ0v) is 16.2. The monoisotopic (exact) mass is 372 g/mol. The van der Waals surface area contributed by atoms with Gasteiger partial charge in [-0.05, 0) is 42.2 Å². The average Bonchev–Trinajstić information content (AvgIpc) is 2.71. The van der Waals surface area contributed by atoms with Gasteiger partial charge in [0, 0.05) is 18.8 Å². The molecule has 0 saturated heterocycles. The molecular weight excluding hydrogens is 348 g/mol. The summed E-state index contributed by atoms with van der Waals surface area (Å²) in [5.74, 6) is -1.17. The fraction of sp³-hybridized carbons (Fsp3) is 0.167. The van der Waals surface area contributed by atoms with Crippen LogP contribution >= 0.6 is 0 Å². The van der Waals surface area contributed by atoms with Crippen LogP contribution in [0.5, 0.6) is 0 Å². The number of rotatable bonds is 5. The first-order valence-electron chi connectivity index (χ1n) is 9.28. The highest BCUT2D eigenvalue weighted by molar-refractivity contribution is 6.39. The third-order valence-electron chi connectivity index (χ3n) is 4.56. The molecule has 0 aliphatic carbocycles. The number of hydrogen-bond acceptors (Lipinski definition) is 2. The van der Waals surface area contributed by atoms with Gasteiger partial charge in [0.2, 0.25) is 0 Å². The number of hydrogen-bond donors (Lipinski definition) is 1. The molecule has 1 N–H and O–H groups in total. The topological polar surface area (TPSA) is 49.4 Å². The SMILES string of the molecule is Cc1ccc(C)c(NC(=O)C(=O)N(Cc2ccccc2)Cc2ccccc2)c1. The van der Waals surface area contributed by atoms with E-state index in [0.29, 0.717) is 18.8 Å². The van der Waals surface area contributed by atoms with Crippen LogP contribution in [0.15, 0.2) is 78.9 Å². The molecule has 0 atom stereocenters. The lowest BCUT2D eigenvalue weighted by atomic mass is 10.1. The van der Waals surface area contributed by atoms with E-state index in [1.54, 1.807) is 4.90 Å². The van der Waals surface area contributed by atoms with Crippen molar-refractivity contribution >= 4 is 17.5 Å². The standard InChI is InChI=1S/C24H24N2O2/c1-18-13-14-19(2)22(15-18)25-23(27)24(28)26(16-20-9-5-3-6-10-20)17-21-11-7-4-8-12-21/h3-15H,16-17H2,1-2H3,(H,25,27). The van der Waals surface area contributed by atoms with Crippen molar-refractivity contribution in [3.63, 3.8) is 0 Å². The largest absolute Gasteiger partial charge is 0.326 e. The Bertz CT molecular complexity index is 911. The molecule has 142 valence electrons. The van der Waals surface area contributed by atoms with Gasteiger partial charge in [-0.15, -0.1) is 0 Å². The minimum absolute atomic E-state index is 0.370. The van der Waals surface area contributed by atoms with Gasteiger partial charge < -0.3 is 10.2 Å². The molecule has 4 heteroatoms. The molecule has 0 saturated carbocycles. The van der Waals surface area contributed by atoms with E-state index in [4.69, 9.17) is 0 Å². The number of carbonyl (C=O) groups is 2. The molecule has 0 spiro atoms. The van der Waals surface area contributed by atoms with Crippen molar-refractivity contribution in [3.8, 4) is 0 Å². The summed E-state index contributed by atoms with van der Waals surface area (Å²) in [6, 6.07) is 25.2. The Morgan fingerprint density at radius 1 is 0.786 bits per heavy atom. The van der Waals surface area contributed by atoms with Gasteiger partial charge in [0.15, 0.2) is 0 Å². The van der Waals surface area contributed by atoms with Crippen molar-refractivity contribution in [2.75, 3.05) is 5.32 Å². The zero-order valence-electron chi connectivity index (χ0n) is 16.2. The fourth-order valence-electron chi connectivity index (χ4n) is 3.00. The Morgan fingerprint density at radius 2 is 1.32 bits per heavy atom. The number of aryl methyl sites for hydroxylation is 2. The second-order valence-corrected chi connectivity index (χ2v) is 6.90. The molecule has 0 aliphatic heterocycles. The van der Waals surface area contributed by atoms with Crippen LogP contribution in [0.1, 0.15) is 22.3 Å². The number of benzene rings is 3. The normalized spacial score (nSPS) is 10.4. The number of anilines is 1. The van der Waals surface area contributed by atoms with Crippen molar-refractivity contribution in [3.05, 3.63) is 101 Å². The minimum Gasteiger partial charge on any atom is -0.326 e. The summed E-state index contributed by atoms with van der Waals surface area (Å²) in [6.07, 6.45) is 0. The highest BCUT2D eigenvalue weighted by atomic mass is 16.2. The Morgan fingerprint density at radius 3 is 1.86 bits per heavy atom. The first-order chi connectivity index (χ1) is 13.5. The van der Waals surface area contributed by atoms with Gasteiger partial charge in [0.05, 0.1) is 0 Å². The van der Waals surface area contributed by atoms with Crippen LogP contribution in [-0.2, 0) is 22.7 Å². The summed E-state index contributed by atoms with van der Waals surface area (Å²) in [6.45, 7) is 4.60. The number of carbonyl (C=O) groups excluding carboxylic acids is 2. The van der Waals surface area contributed by atoms with Crippen LogP contribution in [0.25, 0.3) is 0 Å². The van der Waals surface area contributed by atoms with E-state index in [1.165, 1.54) is 0 Å². The van der Waals surface area contributed by atoms with Crippen LogP contribution < -0.4 is 5.32 Å². The van der Waals surface area contributed by atoms with Crippen molar-refractivity contribution in [1.82, 2.24) is 4.90 Å². The summed E-state index contributed by atoms with van der Waals surface area (Å²) in [4.78, 5) is 27.2. The summed E-state index contributed by atoms with van der Waals surface area (Å²) in [7, 11) is 0. The lowest BCUT2D eigenvalue weighted by Gasteiger charge is -2.23. The van der Waals surface area contributed by atoms with Crippen LogP contribution in [0, 0.1) is 13.8 Å². The third kappa shape index (κ3) is 5.07. The van der Waals surface area contributed by atoms with E-state index < -0.39 is 11.8 Å². The molecule has 0 heterocycles. The Kier molecular flexibility index (Phi) is 6.22. The van der Waals surface area contributed by atoms with E-state index in [0.717, 1.165) is 22.3 Å². The van der Waals surface area contributed by atoms with E-state index in [2.05, 4.69) is 5.32 Å². The van der Waals surface area contributed by atoms with Crippen LogP contribution in [0.3, 0.4) is 0 Å². The highest BCUT2D eigenvalue weighted by Gasteiger charge is 2.23. The Labute approximate surface area is 165 Å². The molecule has 28 heavy (non-hydrogen) atoms. The molecule has 0 aliphatic rings. The van der Waals surface area contributed by atoms with E-state index in [1.807, 2.05) is 92.7 Å². The molecule has 0 radical (unpaired) electrons. The number of nitrogens with one attached hydrogen (secondary N) is 1. The van der Waals surface area contributed by atoms with E-state index >= 15 is 0 Å². The predicted molar refractivity (Wildman–Crippen MR) is 112 cm³/mol. The maximum atomic E-state index is 13.0. The summed E-state index contributed by atoms with van der Waals surface area (Å²) >= 11 is 0. The summed E-state index contributed by atoms with van der Waals surface area (Å²) in [5.41, 5.74) is 4.57. The van der Waals surface area contributed by atoms with Gasteiger partial charge in [-0.25, -0.2) is 0 Å². The number of nitrogens with zero attached hydrogens (tertiary/aromatic N) is 1.